The summed E-state index contributed by atoms with van der Waals surface area (Å²) in [4.78, 5) is 5.31. The molecule has 0 saturated carbocycles. The lowest BCUT2D eigenvalue weighted by atomic mass is 10.3. The number of anilines is 1. The number of hydrogen-bond donors (Lipinski definition) is 1. The van der Waals surface area contributed by atoms with Crippen LogP contribution in [0.3, 0.4) is 0 Å². The summed E-state index contributed by atoms with van der Waals surface area (Å²) in [6.45, 7) is 0. The van der Waals surface area contributed by atoms with Gasteiger partial charge in [0.15, 0.2) is 5.65 Å². The van der Waals surface area contributed by atoms with Gasteiger partial charge in [-0.2, -0.15) is 9.61 Å². The fourth-order valence-corrected chi connectivity index (χ4v) is 2.59. The van der Waals surface area contributed by atoms with Crippen molar-refractivity contribution in [1.82, 2.24) is 14.6 Å². The van der Waals surface area contributed by atoms with Crippen LogP contribution in [0.15, 0.2) is 30.6 Å². The SMILES string of the molecule is Nc1ccnc2c(-c3ccc(Cl)s3)cnn12. The average Bonchev–Trinajstić information content (AvgIpc) is 2.84. The Kier molecular flexibility index (Phi) is 2.08. The van der Waals surface area contributed by atoms with Crippen LogP contribution in [0.2, 0.25) is 4.34 Å². The van der Waals surface area contributed by atoms with Crippen LogP contribution in [0.1, 0.15) is 0 Å². The van der Waals surface area contributed by atoms with Crippen LogP contribution in [-0.2, 0) is 0 Å². The Labute approximate surface area is 100 Å². The maximum absolute atomic E-state index is 5.91. The number of nitrogens with two attached hydrogens (primary N) is 1. The minimum Gasteiger partial charge on any atom is -0.384 e. The third-order valence-electron chi connectivity index (χ3n) is 2.27. The predicted octanol–water partition coefficient (Wildman–Crippen LogP) is 2.69. The summed E-state index contributed by atoms with van der Waals surface area (Å²) in [5.41, 5.74) is 7.49. The standard InChI is InChI=1S/C10H7ClN4S/c11-8-2-1-7(16-8)6-5-14-15-9(12)3-4-13-10(6)15/h1-5H,12H2. The molecular weight excluding hydrogens is 244 g/mol. The highest BCUT2D eigenvalue weighted by molar-refractivity contribution is 7.19. The van der Waals surface area contributed by atoms with Crippen LogP contribution < -0.4 is 5.73 Å². The van der Waals surface area contributed by atoms with E-state index in [1.807, 2.05) is 12.1 Å². The van der Waals surface area contributed by atoms with Crippen molar-refractivity contribution in [2.75, 3.05) is 5.73 Å². The van der Waals surface area contributed by atoms with E-state index in [0.717, 1.165) is 20.4 Å². The van der Waals surface area contributed by atoms with Crippen LogP contribution in [0.4, 0.5) is 5.82 Å². The number of fused-ring (bicyclic) bond motifs is 1. The van der Waals surface area contributed by atoms with Gasteiger partial charge in [0.05, 0.1) is 16.1 Å². The Balaban J connectivity index is 2.29. The summed E-state index contributed by atoms with van der Waals surface area (Å²) in [5, 5.41) is 4.20. The fourth-order valence-electron chi connectivity index (χ4n) is 1.54. The van der Waals surface area contributed by atoms with Gasteiger partial charge < -0.3 is 5.73 Å². The van der Waals surface area contributed by atoms with Crippen LogP contribution in [0.5, 0.6) is 0 Å². The highest BCUT2D eigenvalue weighted by atomic mass is 35.5. The van der Waals surface area contributed by atoms with E-state index in [9.17, 15) is 0 Å². The highest BCUT2D eigenvalue weighted by Gasteiger charge is 2.10. The number of hydrogen-bond acceptors (Lipinski definition) is 4. The average molecular weight is 251 g/mol. The Morgan fingerprint density at radius 3 is 2.94 bits per heavy atom. The largest absolute Gasteiger partial charge is 0.384 e. The first-order valence-electron chi connectivity index (χ1n) is 4.59. The van der Waals surface area contributed by atoms with E-state index in [0.29, 0.717) is 5.82 Å². The van der Waals surface area contributed by atoms with Gasteiger partial charge in [-0.1, -0.05) is 11.6 Å². The molecule has 16 heavy (non-hydrogen) atoms. The maximum atomic E-state index is 5.91. The number of rotatable bonds is 1. The van der Waals surface area contributed by atoms with Crippen molar-refractivity contribution in [3.05, 3.63) is 34.9 Å². The smallest absolute Gasteiger partial charge is 0.166 e. The molecule has 0 fully saturated rings. The summed E-state index contributed by atoms with van der Waals surface area (Å²) < 4.78 is 2.36. The first-order chi connectivity index (χ1) is 7.75. The summed E-state index contributed by atoms with van der Waals surface area (Å²) in [6, 6.07) is 5.53. The number of aromatic nitrogens is 3. The number of halogens is 1. The van der Waals surface area contributed by atoms with Crippen LogP contribution in [-0.4, -0.2) is 14.6 Å². The molecule has 0 radical (unpaired) electrons. The molecule has 0 aromatic carbocycles. The van der Waals surface area contributed by atoms with Crippen molar-refractivity contribution in [3.8, 4) is 10.4 Å². The van der Waals surface area contributed by atoms with Gasteiger partial charge in [0.1, 0.15) is 5.82 Å². The molecule has 2 N–H and O–H groups in total. The lowest BCUT2D eigenvalue weighted by Gasteiger charge is -1.97. The van der Waals surface area contributed by atoms with Gasteiger partial charge in [0, 0.05) is 11.1 Å². The van der Waals surface area contributed by atoms with Crippen molar-refractivity contribution in [2.45, 2.75) is 0 Å². The molecule has 3 rings (SSSR count). The molecule has 0 unspecified atom stereocenters. The molecule has 3 aromatic rings. The lowest BCUT2D eigenvalue weighted by Crippen LogP contribution is -1.98. The second-order valence-electron chi connectivity index (χ2n) is 3.27. The van der Waals surface area contributed by atoms with Gasteiger partial charge in [0.25, 0.3) is 0 Å². The summed E-state index contributed by atoms with van der Waals surface area (Å²) in [5.74, 6) is 0.568. The van der Waals surface area contributed by atoms with E-state index in [1.165, 1.54) is 11.3 Å². The van der Waals surface area contributed by atoms with Gasteiger partial charge in [-0.15, -0.1) is 11.3 Å². The first-order valence-corrected chi connectivity index (χ1v) is 5.79. The molecule has 0 saturated heterocycles. The molecule has 0 aliphatic carbocycles. The predicted molar refractivity (Wildman–Crippen MR) is 65.7 cm³/mol. The zero-order valence-electron chi connectivity index (χ0n) is 8.09. The third-order valence-corrected chi connectivity index (χ3v) is 3.53. The fraction of sp³-hybridized carbons (Fsp3) is 0. The molecule has 3 heterocycles. The molecule has 0 atom stereocenters. The first kappa shape index (κ1) is 9.62. The Morgan fingerprint density at radius 2 is 2.19 bits per heavy atom. The van der Waals surface area contributed by atoms with Gasteiger partial charge in [0.2, 0.25) is 0 Å². The summed E-state index contributed by atoms with van der Waals surface area (Å²) >= 11 is 7.40. The van der Waals surface area contributed by atoms with Gasteiger partial charge in [-0.25, -0.2) is 4.98 Å². The Hall–Kier alpha value is -1.59. The zero-order chi connectivity index (χ0) is 11.1. The molecule has 4 nitrogen and oxygen atoms in total. The second kappa shape index (κ2) is 3.47. The minimum absolute atomic E-state index is 0.568. The van der Waals surface area contributed by atoms with Gasteiger partial charge in [-0.05, 0) is 18.2 Å². The third kappa shape index (κ3) is 1.36. The minimum atomic E-state index is 0.568. The number of nitrogen functional groups attached to an aromatic ring is 1. The van der Waals surface area contributed by atoms with E-state index in [1.54, 1.807) is 23.0 Å². The molecule has 80 valence electrons. The van der Waals surface area contributed by atoms with E-state index in [-0.39, 0.29) is 0 Å². The van der Waals surface area contributed by atoms with E-state index in [4.69, 9.17) is 17.3 Å². The van der Waals surface area contributed by atoms with E-state index < -0.39 is 0 Å². The monoisotopic (exact) mass is 250 g/mol. The molecule has 0 spiro atoms. The van der Waals surface area contributed by atoms with Crippen molar-refractivity contribution < 1.29 is 0 Å². The highest BCUT2D eigenvalue weighted by Crippen LogP contribution is 2.33. The molecule has 0 bridgehead atoms. The molecule has 6 heteroatoms. The van der Waals surface area contributed by atoms with Gasteiger partial charge >= 0.3 is 0 Å². The molecule has 0 aliphatic heterocycles. The normalized spacial score (nSPS) is 11.1. The second-order valence-corrected chi connectivity index (χ2v) is 4.98. The maximum Gasteiger partial charge on any atom is 0.166 e. The Bertz CT molecular complexity index is 658. The van der Waals surface area contributed by atoms with E-state index in [2.05, 4.69) is 10.1 Å². The zero-order valence-corrected chi connectivity index (χ0v) is 9.66. The van der Waals surface area contributed by atoms with Crippen molar-refractivity contribution in [3.63, 3.8) is 0 Å². The number of nitrogens with zero attached hydrogens (tertiary/aromatic N) is 3. The van der Waals surface area contributed by atoms with Crippen LogP contribution in [0, 0.1) is 0 Å². The van der Waals surface area contributed by atoms with Gasteiger partial charge in [-0.3, -0.25) is 0 Å². The van der Waals surface area contributed by atoms with Crippen molar-refractivity contribution in [2.24, 2.45) is 0 Å². The topological polar surface area (TPSA) is 56.2 Å². The lowest BCUT2D eigenvalue weighted by molar-refractivity contribution is 0.952. The van der Waals surface area contributed by atoms with E-state index >= 15 is 0 Å². The quantitative estimate of drug-likeness (QED) is 0.722. The Morgan fingerprint density at radius 1 is 1.31 bits per heavy atom. The van der Waals surface area contributed by atoms with Crippen molar-refractivity contribution in [1.29, 1.82) is 0 Å². The summed E-state index contributed by atoms with van der Waals surface area (Å²) in [7, 11) is 0. The molecular formula is C10H7ClN4S. The number of thiophene rings is 1. The summed E-state index contributed by atoms with van der Waals surface area (Å²) in [6.07, 6.45) is 3.42. The molecule has 3 aromatic heterocycles. The molecule has 0 amide bonds. The molecule has 0 aliphatic rings. The van der Waals surface area contributed by atoms with Crippen molar-refractivity contribution >= 4 is 34.4 Å². The van der Waals surface area contributed by atoms with Crippen LogP contribution in [0.25, 0.3) is 16.1 Å². The van der Waals surface area contributed by atoms with Crippen LogP contribution >= 0.6 is 22.9 Å².